The molecule has 1 atom stereocenters. The summed E-state index contributed by atoms with van der Waals surface area (Å²) in [7, 11) is 3.11. The highest BCUT2D eigenvalue weighted by atomic mass is 16.5. The van der Waals surface area contributed by atoms with Gasteiger partial charge < -0.3 is 23.8 Å². The fraction of sp³-hybridized carbons (Fsp3) is 0.209. The molecule has 0 bridgehead atoms. The first-order valence-electron chi connectivity index (χ1n) is 17.5. The first kappa shape index (κ1) is 33.7. The van der Waals surface area contributed by atoms with Crippen molar-refractivity contribution in [3.8, 4) is 23.0 Å². The lowest BCUT2D eigenvalue weighted by atomic mass is 10.1. The molecule has 0 unspecified atom stereocenters. The predicted octanol–water partition coefficient (Wildman–Crippen LogP) is 7.99. The van der Waals surface area contributed by atoms with Gasteiger partial charge in [-0.05, 0) is 72.6 Å². The van der Waals surface area contributed by atoms with Crippen molar-refractivity contribution >= 4 is 47.5 Å². The van der Waals surface area contributed by atoms with E-state index in [1.807, 2.05) is 78.7 Å². The van der Waals surface area contributed by atoms with Crippen molar-refractivity contribution in [1.82, 2.24) is 0 Å². The third kappa shape index (κ3) is 6.26. The number of rotatable bonds is 10. The second-order valence-electron chi connectivity index (χ2n) is 13.3. The maximum absolute atomic E-state index is 13.8. The fourth-order valence-corrected chi connectivity index (χ4v) is 7.44. The van der Waals surface area contributed by atoms with E-state index in [0.717, 1.165) is 52.0 Å². The third-order valence-corrected chi connectivity index (χ3v) is 9.93. The van der Waals surface area contributed by atoms with E-state index in [1.165, 1.54) is 0 Å². The molecule has 0 aromatic heterocycles. The highest BCUT2D eigenvalue weighted by Gasteiger charge is 2.36. The van der Waals surface area contributed by atoms with Crippen LogP contribution in [0.15, 0.2) is 101 Å². The number of ether oxygens (including phenoxy) is 4. The average Bonchev–Trinajstić information content (AvgIpc) is 3.75. The minimum atomic E-state index is -0.166. The Morgan fingerprint density at radius 2 is 1.49 bits per heavy atom. The first-order chi connectivity index (χ1) is 25.8. The standard InChI is InChI=1S/C43H38N4O6/c1-26-15-27(24-52-40-21-34(44-2)32(19-38(40)50-3)42(48)46-14-13-29-9-5-7-11-36(29)46)17-28(16-26)25-53-41-22-35-33(20-39(41)51-4)43(49)47-31(23-45-35)18-30-10-6-8-12-37(30)47/h5-12,15-17,19-23,31H,2,13-14,18,24-25H2,1,3-4H3/t31-/m0/s1. The monoisotopic (exact) mass is 706 g/mol. The Morgan fingerprint density at radius 1 is 0.830 bits per heavy atom. The van der Waals surface area contributed by atoms with Crippen LogP contribution in [0.5, 0.6) is 23.0 Å². The summed E-state index contributed by atoms with van der Waals surface area (Å²) in [6, 6.07) is 28.7. The summed E-state index contributed by atoms with van der Waals surface area (Å²) in [6.07, 6.45) is 3.36. The number of hydrogen-bond acceptors (Lipinski definition) is 8. The number of methoxy groups -OCH3 is 2. The number of aryl methyl sites for hydroxylation is 1. The molecule has 0 aliphatic carbocycles. The van der Waals surface area contributed by atoms with Crippen LogP contribution in [0.3, 0.4) is 0 Å². The number of hydrogen-bond donors (Lipinski definition) is 0. The van der Waals surface area contributed by atoms with Gasteiger partial charge in [0.25, 0.3) is 11.8 Å². The quantitative estimate of drug-likeness (QED) is 0.137. The second-order valence-corrected chi connectivity index (χ2v) is 13.3. The summed E-state index contributed by atoms with van der Waals surface area (Å²) < 4.78 is 24.0. The average molecular weight is 707 g/mol. The van der Waals surface area contributed by atoms with E-state index in [0.29, 0.717) is 52.0 Å². The van der Waals surface area contributed by atoms with Crippen LogP contribution in [0.1, 0.15) is 48.5 Å². The van der Waals surface area contributed by atoms with Gasteiger partial charge in [-0.2, -0.15) is 0 Å². The smallest absolute Gasteiger partial charge is 0.261 e. The van der Waals surface area contributed by atoms with E-state index in [1.54, 1.807) is 43.4 Å². The number of anilines is 2. The normalized spacial score (nSPS) is 15.2. The lowest BCUT2D eigenvalue weighted by Gasteiger charge is -2.22. The van der Waals surface area contributed by atoms with E-state index >= 15 is 0 Å². The molecule has 266 valence electrons. The highest BCUT2D eigenvalue weighted by Crippen LogP contribution is 2.42. The molecular weight excluding hydrogens is 668 g/mol. The summed E-state index contributed by atoms with van der Waals surface area (Å²) in [5.41, 5.74) is 8.75. The van der Waals surface area contributed by atoms with E-state index in [2.05, 4.69) is 17.8 Å². The van der Waals surface area contributed by atoms with Gasteiger partial charge in [0, 0.05) is 42.7 Å². The van der Waals surface area contributed by atoms with Crippen molar-refractivity contribution in [1.29, 1.82) is 0 Å². The van der Waals surface area contributed by atoms with E-state index < -0.39 is 0 Å². The Kier molecular flexibility index (Phi) is 8.87. The number of benzene rings is 5. The van der Waals surface area contributed by atoms with E-state index in [-0.39, 0.29) is 31.1 Å². The molecule has 10 heteroatoms. The number of carbonyl (C=O) groups is 2. The lowest BCUT2D eigenvalue weighted by Crippen LogP contribution is -2.37. The van der Waals surface area contributed by atoms with Crippen LogP contribution in [-0.2, 0) is 26.1 Å². The van der Waals surface area contributed by atoms with Crippen molar-refractivity contribution in [2.24, 2.45) is 9.98 Å². The zero-order valence-corrected chi connectivity index (χ0v) is 29.8. The molecule has 0 N–H and O–H groups in total. The molecule has 3 aliphatic rings. The van der Waals surface area contributed by atoms with Crippen LogP contribution in [0, 0.1) is 6.92 Å². The van der Waals surface area contributed by atoms with Gasteiger partial charge in [0.2, 0.25) is 0 Å². The molecule has 0 radical (unpaired) electrons. The van der Waals surface area contributed by atoms with Crippen molar-refractivity contribution in [3.63, 3.8) is 0 Å². The van der Waals surface area contributed by atoms with Gasteiger partial charge in [-0.3, -0.25) is 24.5 Å². The van der Waals surface area contributed by atoms with Crippen molar-refractivity contribution in [2.45, 2.75) is 39.0 Å². The Bertz CT molecular complexity index is 2320. The van der Waals surface area contributed by atoms with Gasteiger partial charge in [0.15, 0.2) is 23.0 Å². The Hall–Kier alpha value is -6.42. The molecular formula is C43H38N4O6. The van der Waals surface area contributed by atoms with Gasteiger partial charge in [-0.15, -0.1) is 0 Å². The Labute approximate surface area is 307 Å². The van der Waals surface area contributed by atoms with Gasteiger partial charge in [-0.25, -0.2) is 0 Å². The second kappa shape index (κ2) is 14.0. The maximum atomic E-state index is 13.8. The van der Waals surface area contributed by atoms with Crippen LogP contribution in [0.25, 0.3) is 0 Å². The molecule has 3 aliphatic heterocycles. The molecule has 0 spiro atoms. The predicted molar refractivity (Wildman–Crippen MR) is 206 cm³/mol. The molecule has 5 aromatic rings. The number of nitrogens with zero attached hydrogens (tertiary/aromatic N) is 4. The van der Waals surface area contributed by atoms with Gasteiger partial charge in [0.05, 0.1) is 42.8 Å². The molecule has 53 heavy (non-hydrogen) atoms. The van der Waals surface area contributed by atoms with Crippen LogP contribution >= 0.6 is 0 Å². The lowest BCUT2D eigenvalue weighted by molar-refractivity contribution is 0.0980. The van der Waals surface area contributed by atoms with Crippen LogP contribution in [0.4, 0.5) is 22.7 Å². The van der Waals surface area contributed by atoms with Gasteiger partial charge >= 0.3 is 0 Å². The Morgan fingerprint density at radius 3 is 2.21 bits per heavy atom. The molecule has 2 amide bonds. The number of para-hydroxylation sites is 2. The Balaban J connectivity index is 0.985. The number of fused-ring (bicyclic) bond motifs is 5. The summed E-state index contributed by atoms with van der Waals surface area (Å²) >= 11 is 0. The first-order valence-corrected chi connectivity index (χ1v) is 17.5. The number of amides is 2. The van der Waals surface area contributed by atoms with Crippen LogP contribution in [0.2, 0.25) is 0 Å². The van der Waals surface area contributed by atoms with Crippen LogP contribution in [-0.4, -0.2) is 51.6 Å². The van der Waals surface area contributed by atoms with Gasteiger partial charge in [0.1, 0.15) is 13.2 Å². The fourth-order valence-electron chi connectivity index (χ4n) is 7.44. The summed E-state index contributed by atoms with van der Waals surface area (Å²) in [6.45, 7) is 6.81. The van der Waals surface area contributed by atoms with Crippen molar-refractivity contribution < 1.29 is 28.5 Å². The summed E-state index contributed by atoms with van der Waals surface area (Å²) in [4.78, 5) is 40.0. The maximum Gasteiger partial charge on any atom is 0.261 e. The van der Waals surface area contributed by atoms with E-state index in [9.17, 15) is 9.59 Å². The minimum Gasteiger partial charge on any atom is -0.493 e. The molecule has 3 heterocycles. The van der Waals surface area contributed by atoms with E-state index in [4.69, 9.17) is 23.9 Å². The molecule has 10 nitrogen and oxygen atoms in total. The molecule has 0 fully saturated rings. The molecule has 5 aromatic carbocycles. The summed E-state index contributed by atoms with van der Waals surface area (Å²) in [5.74, 6) is 1.52. The summed E-state index contributed by atoms with van der Waals surface area (Å²) in [5, 5.41) is 0. The zero-order chi connectivity index (χ0) is 36.6. The topological polar surface area (TPSA) is 102 Å². The largest absolute Gasteiger partial charge is 0.493 e. The minimum absolute atomic E-state index is 0.119. The van der Waals surface area contributed by atoms with Crippen molar-refractivity contribution in [2.75, 3.05) is 30.6 Å². The molecule has 0 saturated heterocycles. The van der Waals surface area contributed by atoms with Gasteiger partial charge in [-0.1, -0.05) is 54.1 Å². The SMILES string of the molecule is C=Nc1cc(OCc2cc(C)cc(COc3cc4c(cc3OC)C(=O)N3c5ccccc5C[C@H]3C=N4)c2)c(OC)cc1C(=O)N1CCc2ccccc21. The third-order valence-electron chi connectivity index (χ3n) is 9.93. The number of carbonyl (C=O) groups excluding carboxylic acids is 2. The van der Waals surface area contributed by atoms with Crippen LogP contribution < -0.4 is 28.7 Å². The number of aliphatic imine (C=N–C) groups is 2. The van der Waals surface area contributed by atoms with Crippen molar-refractivity contribution in [3.05, 3.63) is 130 Å². The molecule has 8 rings (SSSR count). The zero-order valence-electron chi connectivity index (χ0n) is 29.8. The highest BCUT2D eigenvalue weighted by molar-refractivity contribution is 6.15. The molecule has 0 saturated carbocycles.